The lowest BCUT2D eigenvalue weighted by Crippen LogP contribution is -2.17. The molecule has 1 atom stereocenters. The van der Waals surface area contributed by atoms with Gasteiger partial charge < -0.3 is 9.84 Å². The van der Waals surface area contributed by atoms with Crippen molar-refractivity contribution in [3.05, 3.63) is 53.6 Å². The average molecular weight is 308 g/mol. The number of ether oxygens (including phenoxy) is 1. The second-order valence-corrected chi connectivity index (χ2v) is 5.35. The van der Waals surface area contributed by atoms with Crippen LogP contribution < -0.4 is 4.74 Å². The van der Waals surface area contributed by atoms with Crippen LogP contribution >= 0.6 is 0 Å². The zero-order valence-corrected chi connectivity index (χ0v) is 11.7. The van der Waals surface area contributed by atoms with Crippen molar-refractivity contribution < 1.29 is 23.0 Å². The largest absolute Gasteiger partial charge is 0.573 e. The van der Waals surface area contributed by atoms with Crippen molar-refractivity contribution in [3.8, 4) is 16.9 Å². The summed E-state index contributed by atoms with van der Waals surface area (Å²) in [5.41, 5.74) is 3.76. The van der Waals surface area contributed by atoms with Crippen molar-refractivity contribution in [2.24, 2.45) is 0 Å². The maximum atomic E-state index is 12.2. The number of hydrogen-bond donors (Lipinski definition) is 1. The third-order valence-corrected chi connectivity index (χ3v) is 3.87. The predicted molar refractivity (Wildman–Crippen MR) is 76.5 cm³/mol. The van der Waals surface area contributed by atoms with Gasteiger partial charge in [-0.1, -0.05) is 30.3 Å². The van der Waals surface area contributed by atoms with Crippen molar-refractivity contribution >= 4 is 0 Å². The van der Waals surface area contributed by atoms with E-state index in [1.807, 2.05) is 18.2 Å². The fourth-order valence-electron chi connectivity index (χ4n) is 2.93. The lowest BCUT2D eigenvalue weighted by molar-refractivity contribution is -0.274. The van der Waals surface area contributed by atoms with Gasteiger partial charge in [-0.3, -0.25) is 0 Å². The number of alkyl halides is 3. The maximum absolute atomic E-state index is 12.2. The molecule has 1 unspecified atom stereocenters. The fourth-order valence-corrected chi connectivity index (χ4v) is 2.93. The molecule has 116 valence electrons. The molecule has 2 nitrogen and oxygen atoms in total. The summed E-state index contributed by atoms with van der Waals surface area (Å²) in [4.78, 5) is 0. The van der Waals surface area contributed by atoms with Gasteiger partial charge in [0.1, 0.15) is 5.75 Å². The first-order valence-corrected chi connectivity index (χ1v) is 7.10. The van der Waals surface area contributed by atoms with Gasteiger partial charge in [-0.15, -0.1) is 13.2 Å². The number of fused-ring (bicyclic) bond motifs is 1. The quantitative estimate of drug-likeness (QED) is 0.877. The highest BCUT2D eigenvalue weighted by Gasteiger charge is 2.31. The minimum Gasteiger partial charge on any atom is -0.406 e. The van der Waals surface area contributed by atoms with Gasteiger partial charge in [0.05, 0.1) is 6.10 Å². The van der Waals surface area contributed by atoms with E-state index >= 15 is 0 Å². The van der Waals surface area contributed by atoms with Crippen LogP contribution in [0.3, 0.4) is 0 Å². The molecule has 2 aromatic carbocycles. The van der Waals surface area contributed by atoms with Crippen molar-refractivity contribution in [3.63, 3.8) is 0 Å². The number of rotatable bonds is 2. The molecular weight excluding hydrogens is 293 g/mol. The highest BCUT2D eigenvalue weighted by Crippen LogP contribution is 2.36. The molecule has 1 aliphatic rings. The van der Waals surface area contributed by atoms with E-state index in [-0.39, 0.29) is 5.75 Å². The van der Waals surface area contributed by atoms with Gasteiger partial charge >= 0.3 is 6.36 Å². The van der Waals surface area contributed by atoms with Crippen LogP contribution in [0.1, 0.15) is 30.1 Å². The predicted octanol–water partition coefficient (Wildman–Crippen LogP) is 4.62. The zero-order chi connectivity index (χ0) is 15.7. The molecule has 0 saturated heterocycles. The lowest BCUT2D eigenvalue weighted by Gasteiger charge is -2.24. The Morgan fingerprint density at radius 3 is 2.45 bits per heavy atom. The first-order chi connectivity index (χ1) is 10.4. The van der Waals surface area contributed by atoms with Gasteiger partial charge in [-0.25, -0.2) is 0 Å². The van der Waals surface area contributed by atoms with E-state index in [0.29, 0.717) is 0 Å². The molecule has 0 amide bonds. The van der Waals surface area contributed by atoms with Crippen LogP contribution in [0.2, 0.25) is 0 Å². The highest BCUT2D eigenvalue weighted by molar-refractivity contribution is 5.70. The van der Waals surface area contributed by atoms with Crippen LogP contribution in [0.5, 0.6) is 5.75 Å². The SMILES string of the molecule is OC1CCCc2c(-c3ccc(OC(F)(F)F)cc3)cccc21. The van der Waals surface area contributed by atoms with E-state index < -0.39 is 12.5 Å². The minimum absolute atomic E-state index is 0.235. The monoisotopic (exact) mass is 308 g/mol. The van der Waals surface area contributed by atoms with Crippen LogP contribution in [-0.2, 0) is 6.42 Å². The highest BCUT2D eigenvalue weighted by atomic mass is 19.4. The topological polar surface area (TPSA) is 29.5 Å². The third-order valence-electron chi connectivity index (χ3n) is 3.87. The number of hydrogen-bond acceptors (Lipinski definition) is 2. The van der Waals surface area contributed by atoms with E-state index in [1.54, 1.807) is 12.1 Å². The van der Waals surface area contributed by atoms with Gasteiger partial charge in [0.2, 0.25) is 0 Å². The summed E-state index contributed by atoms with van der Waals surface area (Å²) >= 11 is 0. The summed E-state index contributed by atoms with van der Waals surface area (Å²) in [5.74, 6) is -0.235. The van der Waals surface area contributed by atoms with Crippen molar-refractivity contribution in [2.45, 2.75) is 31.7 Å². The maximum Gasteiger partial charge on any atom is 0.573 e. The van der Waals surface area contributed by atoms with Crippen molar-refractivity contribution in [1.82, 2.24) is 0 Å². The second-order valence-electron chi connectivity index (χ2n) is 5.35. The van der Waals surface area contributed by atoms with Gasteiger partial charge in [0.25, 0.3) is 0 Å². The Kier molecular flexibility index (Phi) is 3.83. The fraction of sp³-hybridized carbons (Fsp3) is 0.294. The van der Waals surface area contributed by atoms with Crippen LogP contribution in [0, 0.1) is 0 Å². The van der Waals surface area contributed by atoms with Gasteiger partial charge in [-0.05, 0) is 53.6 Å². The third kappa shape index (κ3) is 3.09. The molecule has 0 bridgehead atoms. The summed E-state index contributed by atoms with van der Waals surface area (Å²) in [7, 11) is 0. The van der Waals surface area contributed by atoms with Crippen LogP contribution in [0.4, 0.5) is 13.2 Å². The normalized spacial score (nSPS) is 17.9. The van der Waals surface area contributed by atoms with Crippen LogP contribution in [0.15, 0.2) is 42.5 Å². The van der Waals surface area contributed by atoms with E-state index in [0.717, 1.165) is 41.5 Å². The summed E-state index contributed by atoms with van der Waals surface area (Å²) < 4.78 is 40.4. The first-order valence-electron chi connectivity index (χ1n) is 7.10. The Bertz CT molecular complexity index is 663. The van der Waals surface area contributed by atoms with Gasteiger partial charge in [-0.2, -0.15) is 0 Å². The molecule has 5 heteroatoms. The Morgan fingerprint density at radius 1 is 1.05 bits per heavy atom. The summed E-state index contributed by atoms with van der Waals surface area (Å²) in [6, 6.07) is 11.5. The molecule has 0 heterocycles. The number of benzene rings is 2. The molecule has 0 spiro atoms. The zero-order valence-electron chi connectivity index (χ0n) is 11.7. The van der Waals surface area contributed by atoms with E-state index in [2.05, 4.69) is 4.74 Å². The molecule has 0 fully saturated rings. The first kappa shape index (κ1) is 14.9. The average Bonchev–Trinajstić information content (AvgIpc) is 2.46. The van der Waals surface area contributed by atoms with Crippen LogP contribution in [0.25, 0.3) is 11.1 Å². The Balaban J connectivity index is 1.93. The molecule has 0 radical (unpaired) electrons. The van der Waals surface area contributed by atoms with E-state index in [9.17, 15) is 18.3 Å². The molecule has 0 aromatic heterocycles. The summed E-state index contributed by atoms with van der Waals surface area (Å²) in [5, 5.41) is 10.1. The Labute approximate surface area is 126 Å². The molecular formula is C17H15F3O2. The molecule has 1 N–H and O–H groups in total. The Morgan fingerprint density at radius 2 is 1.77 bits per heavy atom. The van der Waals surface area contributed by atoms with Gasteiger partial charge in [0.15, 0.2) is 0 Å². The summed E-state index contributed by atoms with van der Waals surface area (Å²) in [6.07, 6.45) is -2.63. The molecule has 3 rings (SSSR count). The number of aliphatic hydroxyl groups excluding tert-OH is 1. The molecule has 1 aliphatic carbocycles. The van der Waals surface area contributed by atoms with E-state index in [1.165, 1.54) is 12.1 Å². The molecule has 0 aliphatic heterocycles. The smallest absolute Gasteiger partial charge is 0.406 e. The van der Waals surface area contributed by atoms with Crippen molar-refractivity contribution in [1.29, 1.82) is 0 Å². The van der Waals surface area contributed by atoms with Gasteiger partial charge in [0, 0.05) is 0 Å². The second kappa shape index (κ2) is 5.65. The number of aliphatic hydroxyl groups is 1. The van der Waals surface area contributed by atoms with Crippen molar-refractivity contribution in [2.75, 3.05) is 0 Å². The lowest BCUT2D eigenvalue weighted by atomic mass is 9.84. The minimum atomic E-state index is -4.68. The summed E-state index contributed by atoms with van der Waals surface area (Å²) in [6.45, 7) is 0. The molecule has 0 saturated carbocycles. The molecule has 22 heavy (non-hydrogen) atoms. The standard InChI is InChI=1S/C17H15F3O2/c18-17(19,20)22-12-9-7-11(8-10-12)13-3-1-5-15-14(13)4-2-6-16(15)21/h1,3,5,7-10,16,21H,2,4,6H2. The Hall–Kier alpha value is -2.01. The van der Waals surface area contributed by atoms with Crippen LogP contribution in [-0.4, -0.2) is 11.5 Å². The van der Waals surface area contributed by atoms with E-state index in [4.69, 9.17) is 0 Å². The number of halogens is 3. The molecule has 2 aromatic rings.